The number of benzene rings is 1. The monoisotopic (exact) mass is 370 g/mol. The number of carbonyl (C=O) groups is 2. The van der Waals surface area contributed by atoms with Gasteiger partial charge in [0.25, 0.3) is 0 Å². The van der Waals surface area contributed by atoms with Crippen LogP contribution in [0.15, 0.2) is 45.2 Å². The lowest BCUT2D eigenvalue weighted by atomic mass is 10.2. The zero-order chi connectivity index (χ0) is 18.8. The first-order chi connectivity index (χ1) is 13.1. The third-order valence-corrected chi connectivity index (χ3v) is 3.85. The molecule has 2 amide bonds. The molecule has 27 heavy (non-hydrogen) atoms. The molecule has 0 unspecified atom stereocenters. The molecule has 3 N–H and O–H groups in total. The van der Waals surface area contributed by atoms with Crippen LogP contribution < -0.4 is 14.8 Å². The van der Waals surface area contributed by atoms with E-state index in [1.165, 1.54) is 6.26 Å². The maximum atomic E-state index is 11.8. The lowest BCUT2D eigenvalue weighted by Crippen LogP contribution is -2.28. The molecule has 0 saturated carbocycles. The fourth-order valence-electron chi connectivity index (χ4n) is 2.60. The summed E-state index contributed by atoms with van der Waals surface area (Å²) in [6.45, 7) is 0.883. The Labute approximate surface area is 151 Å². The molecule has 3 heterocycles. The number of furan rings is 1. The van der Waals surface area contributed by atoms with E-state index < -0.39 is 11.8 Å². The molecule has 1 aliphatic rings. The molecule has 10 nitrogen and oxygen atoms in total. The summed E-state index contributed by atoms with van der Waals surface area (Å²) >= 11 is 0. The summed E-state index contributed by atoms with van der Waals surface area (Å²) in [7, 11) is 0. The molecule has 0 aliphatic carbocycles. The Morgan fingerprint density at radius 3 is 2.74 bits per heavy atom. The molecular weight excluding hydrogens is 356 g/mol. The van der Waals surface area contributed by atoms with Crippen molar-refractivity contribution in [1.82, 2.24) is 10.3 Å². The largest absolute Gasteiger partial charge is 0.493 e. The molecule has 0 spiro atoms. The van der Waals surface area contributed by atoms with Crippen molar-refractivity contribution >= 4 is 28.4 Å². The van der Waals surface area contributed by atoms with E-state index in [-0.39, 0.29) is 18.1 Å². The van der Waals surface area contributed by atoms with Gasteiger partial charge in [-0.1, -0.05) is 0 Å². The van der Waals surface area contributed by atoms with E-state index in [0.717, 1.165) is 0 Å². The molecule has 4 rings (SSSR count). The van der Waals surface area contributed by atoms with Gasteiger partial charge in [-0.2, -0.15) is 0 Å². The SMILES string of the molecule is O=C(N=Nc1c(O)[nH]c2cc3c(cc12)OCCO3)C(=O)NCc1ccco1. The van der Waals surface area contributed by atoms with Gasteiger partial charge in [0.2, 0.25) is 5.88 Å². The number of H-pyrrole nitrogens is 1. The molecule has 1 aromatic carbocycles. The normalized spacial score (nSPS) is 13.2. The summed E-state index contributed by atoms with van der Waals surface area (Å²) in [5.41, 5.74) is 0.551. The molecule has 3 aromatic rings. The van der Waals surface area contributed by atoms with Crippen molar-refractivity contribution in [3.8, 4) is 17.4 Å². The molecule has 138 valence electrons. The highest BCUT2D eigenvalue weighted by atomic mass is 16.6. The van der Waals surface area contributed by atoms with Gasteiger partial charge in [-0.3, -0.25) is 9.59 Å². The second kappa shape index (κ2) is 6.83. The number of hydrogen-bond donors (Lipinski definition) is 3. The Balaban J connectivity index is 1.52. The quantitative estimate of drug-likeness (QED) is 0.477. The van der Waals surface area contributed by atoms with Crippen LogP contribution in [0.3, 0.4) is 0 Å². The lowest BCUT2D eigenvalue weighted by Gasteiger charge is -2.17. The van der Waals surface area contributed by atoms with E-state index in [1.807, 2.05) is 0 Å². The van der Waals surface area contributed by atoms with Gasteiger partial charge >= 0.3 is 11.8 Å². The highest BCUT2D eigenvalue weighted by molar-refractivity contribution is 6.35. The van der Waals surface area contributed by atoms with Crippen LogP contribution in [0.25, 0.3) is 10.9 Å². The fourth-order valence-corrected chi connectivity index (χ4v) is 2.60. The van der Waals surface area contributed by atoms with Gasteiger partial charge < -0.3 is 29.3 Å². The van der Waals surface area contributed by atoms with E-state index in [2.05, 4.69) is 20.5 Å². The molecule has 1 aliphatic heterocycles. The highest BCUT2D eigenvalue weighted by Crippen LogP contribution is 2.42. The number of rotatable bonds is 3. The number of nitrogens with zero attached hydrogens (tertiary/aromatic N) is 2. The van der Waals surface area contributed by atoms with E-state index in [1.54, 1.807) is 24.3 Å². The van der Waals surface area contributed by atoms with Gasteiger partial charge in [0.1, 0.15) is 19.0 Å². The molecule has 0 radical (unpaired) electrons. The molecule has 0 fully saturated rings. The minimum Gasteiger partial charge on any atom is -0.493 e. The number of hydrogen-bond acceptors (Lipinski definition) is 7. The number of aromatic nitrogens is 1. The van der Waals surface area contributed by atoms with E-state index in [0.29, 0.717) is 41.4 Å². The summed E-state index contributed by atoms with van der Waals surface area (Å²) in [6.07, 6.45) is 1.45. The predicted molar refractivity (Wildman–Crippen MR) is 91.0 cm³/mol. The van der Waals surface area contributed by atoms with Crippen molar-refractivity contribution in [1.29, 1.82) is 0 Å². The van der Waals surface area contributed by atoms with Crippen LogP contribution in [0, 0.1) is 0 Å². The molecule has 0 bridgehead atoms. The molecule has 10 heteroatoms. The minimum absolute atomic E-state index is 0.0224. The van der Waals surface area contributed by atoms with Gasteiger partial charge in [0.15, 0.2) is 17.2 Å². The van der Waals surface area contributed by atoms with Crippen LogP contribution in [0.1, 0.15) is 5.76 Å². The van der Waals surface area contributed by atoms with Gasteiger partial charge in [-0.15, -0.1) is 10.2 Å². The standard InChI is InChI=1S/C17H14N4O6/c22-15-14(10-6-12-13(7-11(10)19-15)27-5-4-26-12)20-21-17(24)16(23)18-8-9-2-1-3-25-9/h1-3,6-7,19,22H,4-5,8H2,(H,18,23). The Hall–Kier alpha value is -3.82. The third-order valence-electron chi connectivity index (χ3n) is 3.85. The highest BCUT2D eigenvalue weighted by Gasteiger charge is 2.19. The topological polar surface area (TPSA) is 139 Å². The van der Waals surface area contributed by atoms with Crippen molar-refractivity contribution in [3.63, 3.8) is 0 Å². The first-order valence-corrected chi connectivity index (χ1v) is 8.02. The Bertz CT molecular complexity index is 1040. The number of amides is 2. The van der Waals surface area contributed by atoms with Crippen LogP contribution in [0.5, 0.6) is 17.4 Å². The fraction of sp³-hybridized carbons (Fsp3) is 0.176. The van der Waals surface area contributed by atoms with Crippen LogP contribution in [0.4, 0.5) is 5.69 Å². The van der Waals surface area contributed by atoms with E-state index in [9.17, 15) is 14.7 Å². The third kappa shape index (κ3) is 3.32. The van der Waals surface area contributed by atoms with Crippen LogP contribution in [0.2, 0.25) is 0 Å². The number of ether oxygens (including phenoxy) is 2. The predicted octanol–water partition coefficient (Wildman–Crippen LogP) is 2.16. The average Bonchev–Trinajstić information content (AvgIpc) is 3.29. The smallest absolute Gasteiger partial charge is 0.353 e. The zero-order valence-corrected chi connectivity index (χ0v) is 13.9. The Morgan fingerprint density at radius 2 is 2.00 bits per heavy atom. The van der Waals surface area contributed by atoms with Crippen molar-refractivity contribution in [3.05, 3.63) is 36.3 Å². The number of aromatic hydroxyl groups is 1. The Morgan fingerprint density at radius 1 is 1.22 bits per heavy atom. The number of nitrogens with one attached hydrogen (secondary N) is 2. The van der Waals surface area contributed by atoms with Crippen LogP contribution in [-0.2, 0) is 16.1 Å². The molecule has 0 saturated heterocycles. The van der Waals surface area contributed by atoms with Crippen LogP contribution >= 0.6 is 0 Å². The molecule has 2 aromatic heterocycles. The van der Waals surface area contributed by atoms with Gasteiger partial charge in [0.05, 0.1) is 18.3 Å². The Kier molecular flexibility index (Phi) is 4.21. The van der Waals surface area contributed by atoms with Crippen molar-refractivity contribution < 1.29 is 28.6 Å². The summed E-state index contributed by atoms with van der Waals surface area (Å²) in [5.74, 6) is -0.815. The van der Waals surface area contributed by atoms with Gasteiger partial charge in [-0.25, -0.2) is 0 Å². The number of aromatic amines is 1. The van der Waals surface area contributed by atoms with Crippen LogP contribution in [-0.4, -0.2) is 35.1 Å². The van der Waals surface area contributed by atoms with Crippen molar-refractivity contribution in [2.45, 2.75) is 6.54 Å². The van der Waals surface area contributed by atoms with Gasteiger partial charge in [0, 0.05) is 11.5 Å². The van der Waals surface area contributed by atoms with Crippen molar-refractivity contribution in [2.24, 2.45) is 10.2 Å². The first-order valence-electron chi connectivity index (χ1n) is 8.02. The maximum absolute atomic E-state index is 11.8. The first kappa shape index (κ1) is 16.6. The second-order valence-corrected chi connectivity index (χ2v) is 5.63. The summed E-state index contributed by atoms with van der Waals surface area (Å²) < 4.78 is 16.0. The van der Waals surface area contributed by atoms with E-state index >= 15 is 0 Å². The molecular formula is C17H14N4O6. The lowest BCUT2D eigenvalue weighted by molar-refractivity contribution is -0.137. The average molecular weight is 370 g/mol. The minimum atomic E-state index is -1.10. The summed E-state index contributed by atoms with van der Waals surface area (Å²) in [4.78, 5) is 26.3. The number of carbonyl (C=O) groups excluding carboxylic acids is 2. The van der Waals surface area contributed by atoms with Crippen molar-refractivity contribution in [2.75, 3.05) is 13.2 Å². The number of fused-ring (bicyclic) bond motifs is 2. The second-order valence-electron chi connectivity index (χ2n) is 5.63. The van der Waals surface area contributed by atoms with E-state index in [4.69, 9.17) is 13.9 Å². The summed E-state index contributed by atoms with van der Waals surface area (Å²) in [6, 6.07) is 6.59. The number of azo groups is 1. The maximum Gasteiger partial charge on any atom is 0.353 e. The summed E-state index contributed by atoms with van der Waals surface area (Å²) in [5, 5.41) is 20.0. The van der Waals surface area contributed by atoms with Gasteiger partial charge in [-0.05, 0) is 18.2 Å². The molecule has 0 atom stereocenters. The zero-order valence-electron chi connectivity index (χ0n) is 13.9.